The normalized spacial score (nSPS) is 10.7. The van der Waals surface area contributed by atoms with Gasteiger partial charge in [-0.1, -0.05) is 54.6 Å². The monoisotopic (exact) mass is 372 g/mol. The maximum atomic E-state index is 11.2. The Hall–Kier alpha value is -3.31. The van der Waals surface area contributed by atoms with Crippen molar-refractivity contribution in [2.45, 2.75) is 6.92 Å². The zero-order valence-corrected chi connectivity index (χ0v) is 15.4. The molecule has 0 bridgehead atoms. The number of aromatic nitrogens is 1. The Morgan fingerprint density at radius 2 is 1.59 bits per heavy atom. The van der Waals surface area contributed by atoms with Crippen molar-refractivity contribution in [1.29, 1.82) is 0 Å². The van der Waals surface area contributed by atoms with Crippen molar-refractivity contribution in [3.63, 3.8) is 0 Å². The molecule has 1 heterocycles. The van der Waals surface area contributed by atoms with E-state index in [2.05, 4.69) is 0 Å². The zero-order valence-electron chi connectivity index (χ0n) is 14.6. The summed E-state index contributed by atoms with van der Waals surface area (Å²) in [6, 6.07) is 23.2. The van der Waals surface area contributed by atoms with Gasteiger partial charge in [-0.15, -0.1) is 11.3 Å². The fourth-order valence-corrected chi connectivity index (χ4v) is 3.85. The number of non-ortho nitro benzene ring substituents is 1. The molecular weight excluding hydrogens is 356 g/mol. The lowest BCUT2D eigenvalue weighted by Gasteiger charge is -2.06. The van der Waals surface area contributed by atoms with E-state index in [9.17, 15) is 10.1 Å². The summed E-state index contributed by atoms with van der Waals surface area (Å²) in [5, 5.41) is 14.2. The first-order valence-corrected chi connectivity index (χ1v) is 9.36. The molecule has 5 heteroatoms. The van der Waals surface area contributed by atoms with Crippen molar-refractivity contribution < 1.29 is 4.92 Å². The molecule has 0 atom stereocenters. The van der Waals surface area contributed by atoms with E-state index in [0.29, 0.717) is 0 Å². The molecule has 4 aromatic rings. The number of rotatable bonds is 4. The van der Waals surface area contributed by atoms with Crippen LogP contribution in [0.4, 0.5) is 5.69 Å². The number of nitrogens with zero attached hydrogens (tertiary/aromatic N) is 2. The molecule has 132 valence electrons. The summed E-state index contributed by atoms with van der Waals surface area (Å²) in [5.41, 5.74) is 5.74. The van der Waals surface area contributed by atoms with Crippen LogP contribution < -0.4 is 0 Å². The van der Waals surface area contributed by atoms with Gasteiger partial charge in [-0.25, -0.2) is 4.98 Å². The Bertz CT molecular complexity index is 1120. The summed E-state index contributed by atoms with van der Waals surface area (Å²) in [6.45, 7) is 1.87. The molecule has 0 aliphatic rings. The van der Waals surface area contributed by atoms with Gasteiger partial charge in [0, 0.05) is 28.6 Å². The average Bonchev–Trinajstić information content (AvgIpc) is 3.18. The summed E-state index contributed by atoms with van der Waals surface area (Å²) in [4.78, 5) is 15.6. The second kappa shape index (κ2) is 7.13. The number of nitro benzene ring substituents is 1. The number of hydrogen-bond acceptors (Lipinski definition) is 4. The second-order valence-electron chi connectivity index (χ2n) is 6.30. The van der Waals surface area contributed by atoms with Gasteiger partial charge in [0.25, 0.3) is 5.69 Å². The number of aryl methyl sites for hydroxylation is 1. The Morgan fingerprint density at radius 1 is 0.852 bits per heavy atom. The van der Waals surface area contributed by atoms with E-state index in [4.69, 9.17) is 4.98 Å². The number of benzene rings is 3. The van der Waals surface area contributed by atoms with Gasteiger partial charge in [0.05, 0.1) is 10.6 Å². The lowest BCUT2D eigenvalue weighted by molar-refractivity contribution is -0.384. The molecule has 0 amide bonds. The summed E-state index contributed by atoms with van der Waals surface area (Å²) in [7, 11) is 0. The molecule has 0 aliphatic heterocycles. The van der Waals surface area contributed by atoms with Gasteiger partial charge in [0.1, 0.15) is 5.01 Å². The van der Waals surface area contributed by atoms with E-state index in [1.54, 1.807) is 23.5 Å². The number of nitro groups is 1. The molecule has 0 unspecified atom stereocenters. The van der Waals surface area contributed by atoms with Crippen molar-refractivity contribution in [2.24, 2.45) is 0 Å². The molecule has 3 aromatic carbocycles. The highest BCUT2D eigenvalue weighted by molar-refractivity contribution is 7.13. The lowest BCUT2D eigenvalue weighted by Crippen LogP contribution is -1.90. The predicted molar refractivity (Wildman–Crippen MR) is 110 cm³/mol. The van der Waals surface area contributed by atoms with Gasteiger partial charge in [-0.3, -0.25) is 10.1 Å². The van der Waals surface area contributed by atoms with Crippen LogP contribution in [0.3, 0.4) is 0 Å². The SMILES string of the molecule is Cc1cc(-c2cccc(-c3csc(-c4ccccc4)n3)c2)cc([N+](=O)[O-])c1. The van der Waals surface area contributed by atoms with E-state index in [0.717, 1.165) is 38.5 Å². The number of hydrogen-bond donors (Lipinski definition) is 0. The summed E-state index contributed by atoms with van der Waals surface area (Å²) in [5.74, 6) is 0. The molecule has 27 heavy (non-hydrogen) atoms. The van der Waals surface area contributed by atoms with Crippen LogP contribution in [0.15, 0.2) is 78.2 Å². The first kappa shape index (κ1) is 17.1. The Balaban J connectivity index is 1.72. The first-order chi connectivity index (χ1) is 13.1. The van der Waals surface area contributed by atoms with E-state index in [1.165, 1.54) is 0 Å². The van der Waals surface area contributed by atoms with Crippen molar-refractivity contribution in [3.05, 3.63) is 93.9 Å². The minimum atomic E-state index is -0.354. The van der Waals surface area contributed by atoms with Crippen molar-refractivity contribution >= 4 is 17.0 Å². The largest absolute Gasteiger partial charge is 0.270 e. The molecule has 0 saturated carbocycles. The molecule has 1 aromatic heterocycles. The third-order valence-corrected chi connectivity index (χ3v) is 5.18. The standard InChI is InChI=1S/C22H16N2O2S/c1-15-10-19(13-20(11-15)24(25)26)17-8-5-9-18(12-17)21-14-27-22(23-21)16-6-3-2-4-7-16/h2-14H,1H3. The molecule has 4 rings (SSSR count). The lowest BCUT2D eigenvalue weighted by atomic mass is 10.00. The summed E-state index contributed by atoms with van der Waals surface area (Å²) >= 11 is 1.61. The Kier molecular flexibility index (Phi) is 4.52. The fourth-order valence-electron chi connectivity index (χ4n) is 3.01. The van der Waals surface area contributed by atoms with Crippen LogP contribution in [0.5, 0.6) is 0 Å². The quantitative estimate of drug-likeness (QED) is 0.309. The molecular formula is C22H16N2O2S. The highest BCUT2D eigenvalue weighted by Gasteiger charge is 2.11. The average molecular weight is 372 g/mol. The fraction of sp³-hybridized carbons (Fsp3) is 0.0455. The highest BCUT2D eigenvalue weighted by atomic mass is 32.1. The molecule has 0 spiro atoms. The third-order valence-electron chi connectivity index (χ3n) is 4.29. The minimum Gasteiger partial charge on any atom is -0.258 e. The second-order valence-corrected chi connectivity index (χ2v) is 7.16. The molecule has 0 radical (unpaired) electrons. The maximum Gasteiger partial charge on any atom is 0.270 e. The van der Waals surface area contributed by atoms with Gasteiger partial charge in [-0.05, 0) is 29.7 Å². The Morgan fingerprint density at radius 3 is 2.37 bits per heavy atom. The molecule has 4 nitrogen and oxygen atoms in total. The third kappa shape index (κ3) is 3.64. The smallest absolute Gasteiger partial charge is 0.258 e. The number of thiazole rings is 1. The van der Waals surface area contributed by atoms with Crippen molar-refractivity contribution in [2.75, 3.05) is 0 Å². The molecule has 0 N–H and O–H groups in total. The zero-order chi connectivity index (χ0) is 18.8. The van der Waals surface area contributed by atoms with E-state index in [1.807, 2.05) is 73.0 Å². The topological polar surface area (TPSA) is 56.0 Å². The van der Waals surface area contributed by atoms with Crippen molar-refractivity contribution in [1.82, 2.24) is 4.98 Å². The maximum absolute atomic E-state index is 11.2. The molecule has 0 fully saturated rings. The van der Waals surface area contributed by atoms with E-state index in [-0.39, 0.29) is 10.6 Å². The first-order valence-electron chi connectivity index (χ1n) is 8.48. The van der Waals surface area contributed by atoms with Gasteiger partial charge >= 0.3 is 0 Å². The van der Waals surface area contributed by atoms with Crippen LogP contribution in [0, 0.1) is 17.0 Å². The van der Waals surface area contributed by atoms with Crippen LogP contribution in [0.25, 0.3) is 33.0 Å². The molecule has 0 aliphatic carbocycles. The van der Waals surface area contributed by atoms with Gasteiger partial charge in [-0.2, -0.15) is 0 Å². The Labute approximate surface area is 160 Å². The van der Waals surface area contributed by atoms with Gasteiger partial charge < -0.3 is 0 Å². The summed E-state index contributed by atoms with van der Waals surface area (Å²) in [6.07, 6.45) is 0. The van der Waals surface area contributed by atoms with E-state index >= 15 is 0 Å². The van der Waals surface area contributed by atoms with Crippen LogP contribution in [-0.2, 0) is 0 Å². The minimum absolute atomic E-state index is 0.107. The highest BCUT2D eigenvalue weighted by Crippen LogP contribution is 2.32. The predicted octanol–water partition coefficient (Wildman–Crippen LogP) is 6.36. The molecule has 0 saturated heterocycles. The van der Waals surface area contributed by atoms with Crippen LogP contribution in [0.2, 0.25) is 0 Å². The summed E-state index contributed by atoms with van der Waals surface area (Å²) < 4.78 is 0. The van der Waals surface area contributed by atoms with Crippen LogP contribution in [0.1, 0.15) is 5.56 Å². The van der Waals surface area contributed by atoms with Crippen molar-refractivity contribution in [3.8, 4) is 33.0 Å². The van der Waals surface area contributed by atoms with Crippen LogP contribution in [-0.4, -0.2) is 9.91 Å². The van der Waals surface area contributed by atoms with Crippen LogP contribution >= 0.6 is 11.3 Å². The van der Waals surface area contributed by atoms with Gasteiger partial charge in [0.2, 0.25) is 0 Å². The van der Waals surface area contributed by atoms with Gasteiger partial charge in [0.15, 0.2) is 0 Å². The van der Waals surface area contributed by atoms with E-state index < -0.39 is 0 Å².